The minimum absolute atomic E-state index is 0.231. The maximum atomic E-state index is 12.1. The summed E-state index contributed by atoms with van der Waals surface area (Å²) >= 11 is 0. The molecule has 0 aliphatic carbocycles. The lowest BCUT2D eigenvalue weighted by molar-refractivity contribution is 0.0971. The number of rotatable bonds is 5. The molecular weight excluding hydrogens is 198 g/mol. The van der Waals surface area contributed by atoms with Crippen LogP contribution in [-0.2, 0) is 0 Å². The van der Waals surface area contributed by atoms with Crippen LogP contribution in [0.25, 0.3) is 0 Å². The Hall–Kier alpha value is -1.15. The Labute approximate surface area is 98.1 Å². The quantitative estimate of drug-likeness (QED) is 0.771. The average molecular weight is 219 g/mol. The van der Waals surface area contributed by atoms with Gasteiger partial charge in [-0.2, -0.15) is 0 Å². The van der Waals surface area contributed by atoms with E-state index in [2.05, 4.69) is 12.2 Å². The van der Waals surface area contributed by atoms with Crippen LogP contribution < -0.4 is 5.32 Å². The maximum absolute atomic E-state index is 12.1. The van der Waals surface area contributed by atoms with Gasteiger partial charge in [0.1, 0.15) is 0 Å². The molecule has 2 heteroatoms. The third-order valence-corrected chi connectivity index (χ3v) is 2.95. The molecular formula is C14H21NO. The summed E-state index contributed by atoms with van der Waals surface area (Å²) in [6.45, 7) is 9.06. The number of hydrogen-bond acceptors (Lipinski definition) is 2. The zero-order chi connectivity index (χ0) is 12.1. The van der Waals surface area contributed by atoms with Crippen LogP contribution in [0.1, 0.15) is 41.8 Å². The highest BCUT2D eigenvalue weighted by molar-refractivity contribution is 5.98. The van der Waals surface area contributed by atoms with Gasteiger partial charge >= 0.3 is 0 Å². The highest BCUT2D eigenvalue weighted by atomic mass is 16.1. The largest absolute Gasteiger partial charge is 0.314 e. The standard InChI is InChI=1S/C14H21NO/c1-5-15-11(3)9-14(16)13-8-6-7-10(2)12(13)4/h6-8,11,15H,5,9H2,1-4H3. The van der Waals surface area contributed by atoms with E-state index in [4.69, 9.17) is 0 Å². The third-order valence-electron chi connectivity index (χ3n) is 2.95. The summed E-state index contributed by atoms with van der Waals surface area (Å²) in [7, 11) is 0. The molecule has 88 valence electrons. The first-order valence-corrected chi connectivity index (χ1v) is 5.89. The first-order chi connectivity index (χ1) is 7.56. The number of ketones is 1. The lowest BCUT2D eigenvalue weighted by Gasteiger charge is -2.13. The van der Waals surface area contributed by atoms with Crippen molar-refractivity contribution >= 4 is 5.78 Å². The van der Waals surface area contributed by atoms with Crippen LogP contribution in [0.3, 0.4) is 0 Å². The monoisotopic (exact) mass is 219 g/mol. The molecule has 1 rings (SSSR count). The minimum Gasteiger partial charge on any atom is -0.314 e. The van der Waals surface area contributed by atoms with Gasteiger partial charge in [0, 0.05) is 18.0 Å². The molecule has 1 N–H and O–H groups in total. The molecule has 1 unspecified atom stereocenters. The van der Waals surface area contributed by atoms with Crippen molar-refractivity contribution in [1.29, 1.82) is 0 Å². The predicted molar refractivity (Wildman–Crippen MR) is 68.0 cm³/mol. The normalized spacial score (nSPS) is 12.5. The fourth-order valence-electron chi connectivity index (χ4n) is 1.86. The minimum atomic E-state index is 0.231. The molecule has 1 atom stereocenters. The molecule has 0 fully saturated rings. The van der Waals surface area contributed by atoms with Gasteiger partial charge in [-0.25, -0.2) is 0 Å². The highest BCUT2D eigenvalue weighted by Crippen LogP contribution is 2.15. The SMILES string of the molecule is CCNC(C)CC(=O)c1cccc(C)c1C. The molecule has 0 amide bonds. The van der Waals surface area contributed by atoms with Crippen LogP contribution in [0.4, 0.5) is 0 Å². The molecule has 16 heavy (non-hydrogen) atoms. The van der Waals surface area contributed by atoms with Gasteiger partial charge in [0.25, 0.3) is 0 Å². The van der Waals surface area contributed by atoms with Crippen molar-refractivity contribution in [2.24, 2.45) is 0 Å². The smallest absolute Gasteiger partial charge is 0.164 e. The van der Waals surface area contributed by atoms with Crippen molar-refractivity contribution in [1.82, 2.24) is 5.32 Å². The van der Waals surface area contributed by atoms with E-state index in [-0.39, 0.29) is 11.8 Å². The van der Waals surface area contributed by atoms with Gasteiger partial charge in [-0.1, -0.05) is 25.1 Å². The molecule has 0 aromatic heterocycles. The Balaban J connectivity index is 2.77. The summed E-state index contributed by atoms with van der Waals surface area (Å²) in [5, 5.41) is 3.26. The molecule has 0 saturated heterocycles. The number of carbonyl (C=O) groups excluding carboxylic acids is 1. The third kappa shape index (κ3) is 3.17. The van der Waals surface area contributed by atoms with Gasteiger partial charge in [0.2, 0.25) is 0 Å². The van der Waals surface area contributed by atoms with E-state index in [1.165, 1.54) is 5.56 Å². The molecule has 0 heterocycles. The highest BCUT2D eigenvalue weighted by Gasteiger charge is 2.13. The number of Topliss-reactive ketones (excluding diaryl/α,β-unsaturated/α-hetero) is 1. The number of carbonyl (C=O) groups is 1. The van der Waals surface area contributed by atoms with Crippen LogP contribution >= 0.6 is 0 Å². The number of hydrogen-bond donors (Lipinski definition) is 1. The van der Waals surface area contributed by atoms with Crippen molar-refractivity contribution in [3.8, 4) is 0 Å². The van der Waals surface area contributed by atoms with E-state index in [0.29, 0.717) is 6.42 Å². The number of nitrogens with one attached hydrogen (secondary N) is 1. The van der Waals surface area contributed by atoms with Crippen molar-refractivity contribution in [2.45, 2.75) is 40.2 Å². The second-order valence-corrected chi connectivity index (χ2v) is 4.33. The summed E-state index contributed by atoms with van der Waals surface area (Å²) in [6.07, 6.45) is 0.568. The fraction of sp³-hybridized carbons (Fsp3) is 0.500. The Morgan fingerprint density at radius 3 is 2.69 bits per heavy atom. The Bertz CT molecular complexity index is 371. The van der Waals surface area contributed by atoms with E-state index in [1.807, 2.05) is 39.0 Å². The molecule has 0 aliphatic rings. The second kappa shape index (κ2) is 5.80. The maximum Gasteiger partial charge on any atom is 0.164 e. The molecule has 1 aromatic rings. The van der Waals surface area contributed by atoms with E-state index in [9.17, 15) is 4.79 Å². The summed E-state index contributed by atoms with van der Waals surface area (Å²) in [6, 6.07) is 6.16. The van der Waals surface area contributed by atoms with E-state index >= 15 is 0 Å². The summed E-state index contributed by atoms with van der Waals surface area (Å²) in [5.74, 6) is 0.231. The number of aryl methyl sites for hydroxylation is 1. The first kappa shape index (κ1) is 12.9. The summed E-state index contributed by atoms with van der Waals surface area (Å²) < 4.78 is 0. The lowest BCUT2D eigenvalue weighted by Crippen LogP contribution is -2.28. The Morgan fingerprint density at radius 1 is 1.38 bits per heavy atom. The van der Waals surface area contributed by atoms with Gasteiger partial charge < -0.3 is 5.32 Å². The van der Waals surface area contributed by atoms with Gasteiger partial charge in [-0.3, -0.25) is 4.79 Å². The molecule has 0 radical (unpaired) electrons. The molecule has 0 bridgehead atoms. The molecule has 2 nitrogen and oxygen atoms in total. The van der Waals surface area contributed by atoms with Crippen molar-refractivity contribution < 1.29 is 4.79 Å². The lowest BCUT2D eigenvalue weighted by atomic mass is 9.97. The van der Waals surface area contributed by atoms with Gasteiger partial charge in [0.05, 0.1) is 0 Å². The summed E-state index contributed by atoms with van der Waals surface area (Å²) in [5.41, 5.74) is 3.16. The average Bonchev–Trinajstić information content (AvgIpc) is 2.22. The van der Waals surface area contributed by atoms with Crippen molar-refractivity contribution in [2.75, 3.05) is 6.54 Å². The first-order valence-electron chi connectivity index (χ1n) is 5.89. The van der Waals surface area contributed by atoms with Crippen molar-refractivity contribution in [3.63, 3.8) is 0 Å². The number of benzene rings is 1. The van der Waals surface area contributed by atoms with E-state index < -0.39 is 0 Å². The second-order valence-electron chi connectivity index (χ2n) is 4.33. The fourth-order valence-corrected chi connectivity index (χ4v) is 1.86. The van der Waals surface area contributed by atoms with Crippen LogP contribution in [-0.4, -0.2) is 18.4 Å². The zero-order valence-corrected chi connectivity index (χ0v) is 10.6. The van der Waals surface area contributed by atoms with Gasteiger partial charge in [-0.15, -0.1) is 0 Å². The van der Waals surface area contributed by atoms with Gasteiger partial charge in [0.15, 0.2) is 5.78 Å². The molecule has 1 aromatic carbocycles. The van der Waals surface area contributed by atoms with Gasteiger partial charge in [-0.05, 0) is 38.4 Å². The topological polar surface area (TPSA) is 29.1 Å². The summed E-state index contributed by atoms with van der Waals surface area (Å²) in [4.78, 5) is 12.1. The molecule has 0 spiro atoms. The Morgan fingerprint density at radius 2 is 2.06 bits per heavy atom. The van der Waals surface area contributed by atoms with Crippen LogP contribution in [0.15, 0.2) is 18.2 Å². The van der Waals surface area contributed by atoms with Crippen LogP contribution in [0.5, 0.6) is 0 Å². The Kier molecular flexibility index (Phi) is 4.69. The van der Waals surface area contributed by atoms with Crippen LogP contribution in [0.2, 0.25) is 0 Å². The van der Waals surface area contributed by atoms with Crippen molar-refractivity contribution in [3.05, 3.63) is 34.9 Å². The molecule has 0 aliphatic heterocycles. The zero-order valence-electron chi connectivity index (χ0n) is 10.6. The van der Waals surface area contributed by atoms with E-state index in [0.717, 1.165) is 17.7 Å². The predicted octanol–water partition coefficient (Wildman–Crippen LogP) is 2.87. The van der Waals surface area contributed by atoms with E-state index in [1.54, 1.807) is 0 Å². The molecule has 0 saturated carbocycles. The van der Waals surface area contributed by atoms with Crippen LogP contribution in [0, 0.1) is 13.8 Å².